The van der Waals surface area contributed by atoms with E-state index < -0.39 is 10.0 Å². The number of nitrogens with zero attached hydrogens (tertiary/aromatic N) is 3. The van der Waals surface area contributed by atoms with Crippen LogP contribution < -0.4 is 14.9 Å². The highest BCUT2D eigenvalue weighted by Gasteiger charge is 2.36. The van der Waals surface area contributed by atoms with Crippen LogP contribution >= 0.6 is 0 Å². The summed E-state index contributed by atoms with van der Waals surface area (Å²) in [5.74, 6) is -0.242. The van der Waals surface area contributed by atoms with Gasteiger partial charge in [0.2, 0.25) is 10.0 Å². The van der Waals surface area contributed by atoms with E-state index in [2.05, 4.69) is 22.9 Å². The highest BCUT2D eigenvalue weighted by atomic mass is 32.2. The first-order valence-electron chi connectivity index (χ1n) is 8.53. The Morgan fingerprint density at radius 3 is 2.58 bits per heavy atom. The average Bonchev–Trinajstić information content (AvgIpc) is 3.45. The molecule has 0 spiro atoms. The summed E-state index contributed by atoms with van der Waals surface area (Å²) in [6.07, 6.45) is 3.51. The zero-order valence-electron chi connectivity index (χ0n) is 14.4. The molecule has 7 nitrogen and oxygen atoms in total. The minimum absolute atomic E-state index is 0.108. The molecule has 1 aliphatic carbocycles. The van der Waals surface area contributed by atoms with Gasteiger partial charge in [0.25, 0.3) is 5.91 Å². The number of rotatable bonds is 3. The Morgan fingerprint density at radius 2 is 1.96 bits per heavy atom. The van der Waals surface area contributed by atoms with Crippen molar-refractivity contribution in [2.75, 3.05) is 22.9 Å². The topological polar surface area (TPSA) is 96.6 Å². The number of carbonyl (C=O) groups is 1. The predicted octanol–water partition coefficient (Wildman–Crippen LogP) is 1.67. The summed E-state index contributed by atoms with van der Waals surface area (Å²) in [6.45, 7) is 3.41. The lowest BCUT2D eigenvalue weighted by molar-refractivity contribution is 0.0981. The second-order valence-corrected chi connectivity index (χ2v) is 8.31. The van der Waals surface area contributed by atoms with E-state index in [0.717, 1.165) is 29.7 Å². The number of nitrogens with two attached hydrogens (primary N) is 1. The maximum atomic E-state index is 13.0. The molecule has 1 saturated carbocycles. The van der Waals surface area contributed by atoms with Crippen molar-refractivity contribution in [2.24, 2.45) is 5.14 Å². The Kier molecular flexibility index (Phi) is 3.96. The number of carbonyl (C=O) groups excluding carboxylic acids is 1. The lowest BCUT2D eigenvalue weighted by Crippen LogP contribution is -2.45. The lowest BCUT2D eigenvalue weighted by atomic mass is 10.1. The lowest BCUT2D eigenvalue weighted by Gasteiger charge is -2.39. The number of sulfonamides is 1. The maximum absolute atomic E-state index is 13.0. The third-order valence-electron chi connectivity index (χ3n) is 4.88. The SMILES string of the molecule is Cc1cccc2c1N(C1CC1)CCN2C(=O)c1ccc(S(N)(=O)=O)cn1. The number of anilines is 2. The molecule has 26 heavy (non-hydrogen) atoms. The van der Waals surface area contributed by atoms with E-state index in [0.29, 0.717) is 12.6 Å². The quantitative estimate of drug-likeness (QED) is 0.884. The van der Waals surface area contributed by atoms with Crippen LogP contribution in [0.1, 0.15) is 28.9 Å². The van der Waals surface area contributed by atoms with E-state index in [1.54, 1.807) is 4.90 Å². The highest BCUT2D eigenvalue weighted by molar-refractivity contribution is 7.89. The number of hydrogen-bond donors (Lipinski definition) is 1. The van der Waals surface area contributed by atoms with Gasteiger partial charge in [-0.25, -0.2) is 18.5 Å². The van der Waals surface area contributed by atoms with Crippen molar-refractivity contribution in [2.45, 2.75) is 30.7 Å². The molecular weight excluding hydrogens is 352 g/mol. The zero-order valence-corrected chi connectivity index (χ0v) is 15.2. The third kappa shape index (κ3) is 2.95. The number of fused-ring (bicyclic) bond motifs is 1. The van der Waals surface area contributed by atoms with Crippen molar-refractivity contribution in [1.82, 2.24) is 4.98 Å². The molecule has 2 aromatic rings. The fourth-order valence-corrected chi connectivity index (χ4v) is 3.91. The van der Waals surface area contributed by atoms with Crippen molar-refractivity contribution in [3.05, 3.63) is 47.8 Å². The molecular formula is C18H20N4O3S. The van der Waals surface area contributed by atoms with Crippen LogP contribution in [-0.4, -0.2) is 38.4 Å². The molecule has 8 heteroatoms. The van der Waals surface area contributed by atoms with Gasteiger partial charge in [-0.3, -0.25) is 4.79 Å². The number of pyridine rings is 1. The number of primary sulfonamides is 1. The first kappa shape index (κ1) is 17.0. The Balaban J connectivity index is 1.69. The van der Waals surface area contributed by atoms with Crippen LogP contribution in [0.5, 0.6) is 0 Å². The van der Waals surface area contributed by atoms with E-state index in [-0.39, 0.29) is 16.5 Å². The van der Waals surface area contributed by atoms with Gasteiger partial charge in [0.05, 0.1) is 11.4 Å². The van der Waals surface area contributed by atoms with E-state index >= 15 is 0 Å². The van der Waals surface area contributed by atoms with Gasteiger partial charge in [-0.2, -0.15) is 0 Å². The minimum atomic E-state index is -3.83. The normalized spacial score (nSPS) is 17.2. The Hall–Kier alpha value is -2.45. The van der Waals surface area contributed by atoms with E-state index in [9.17, 15) is 13.2 Å². The molecule has 136 valence electrons. The van der Waals surface area contributed by atoms with Gasteiger partial charge in [-0.15, -0.1) is 0 Å². The maximum Gasteiger partial charge on any atom is 0.276 e. The summed E-state index contributed by atoms with van der Waals surface area (Å²) >= 11 is 0. The minimum Gasteiger partial charge on any atom is -0.365 e. The zero-order chi connectivity index (χ0) is 18.5. The number of aromatic nitrogens is 1. The van der Waals surface area contributed by atoms with Crippen LogP contribution in [0.4, 0.5) is 11.4 Å². The average molecular weight is 372 g/mol. The summed E-state index contributed by atoms with van der Waals surface area (Å²) in [6, 6.07) is 9.24. The molecule has 4 rings (SSSR count). The van der Waals surface area contributed by atoms with Crippen LogP contribution in [-0.2, 0) is 10.0 Å². The first-order valence-corrected chi connectivity index (χ1v) is 10.1. The highest BCUT2D eigenvalue weighted by Crippen LogP contribution is 2.42. The Morgan fingerprint density at radius 1 is 1.19 bits per heavy atom. The van der Waals surface area contributed by atoms with E-state index in [4.69, 9.17) is 5.14 Å². The van der Waals surface area contributed by atoms with Gasteiger partial charge in [0.15, 0.2) is 0 Å². The first-order chi connectivity index (χ1) is 12.4. The molecule has 1 aromatic heterocycles. The van der Waals surface area contributed by atoms with Gasteiger partial charge in [0.1, 0.15) is 10.6 Å². The van der Waals surface area contributed by atoms with Crippen molar-refractivity contribution >= 4 is 27.3 Å². The Labute approximate surface area is 152 Å². The molecule has 0 atom stereocenters. The van der Waals surface area contributed by atoms with Crippen molar-refractivity contribution in [3.8, 4) is 0 Å². The van der Waals surface area contributed by atoms with Crippen LogP contribution in [0.25, 0.3) is 0 Å². The summed E-state index contributed by atoms with van der Waals surface area (Å²) in [5, 5.41) is 5.09. The Bertz CT molecular complexity index is 968. The number of benzene rings is 1. The third-order valence-corrected chi connectivity index (χ3v) is 5.77. The van der Waals surface area contributed by atoms with Gasteiger partial charge < -0.3 is 9.80 Å². The van der Waals surface area contributed by atoms with Crippen LogP contribution in [0.3, 0.4) is 0 Å². The fourth-order valence-electron chi connectivity index (χ4n) is 3.45. The number of aryl methyl sites for hydroxylation is 1. The van der Waals surface area contributed by atoms with Crippen LogP contribution in [0.2, 0.25) is 0 Å². The summed E-state index contributed by atoms with van der Waals surface area (Å²) in [4.78, 5) is 21.0. The molecule has 2 aliphatic rings. The smallest absolute Gasteiger partial charge is 0.276 e. The molecule has 1 aliphatic heterocycles. The van der Waals surface area contributed by atoms with Crippen molar-refractivity contribution in [3.63, 3.8) is 0 Å². The van der Waals surface area contributed by atoms with Gasteiger partial charge >= 0.3 is 0 Å². The molecule has 2 heterocycles. The fraction of sp³-hybridized carbons (Fsp3) is 0.333. The predicted molar refractivity (Wildman–Crippen MR) is 98.8 cm³/mol. The standard InChI is InChI=1S/C18H20N4O3S/c1-12-3-2-4-16-17(12)21(13-5-6-13)9-10-22(16)18(23)15-8-7-14(11-20-15)26(19,24)25/h2-4,7-8,11,13H,5-6,9-10H2,1H3,(H2,19,24,25). The van der Waals surface area contributed by atoms with Crippen molar-refractivity contribution < 1.29 is 13.2 Å². The van der Waals surface area contributed by atoms with Crippen molar-refractivity contribution in [1.29, 1.82) is 0 Å². The largest absolute Gasteiger partial charge is 0.365 e. The molecule has 0 bridgehead atoms. The van der Waals surface area contributed by atoms with Gasteiger partial charge in [-0.05, 0) is 43.5 Å². The number of hydrogen-bond acceptors (Lipinski definition) is 5. The molecule has 0 radical (unpaired) electrons. The second kappa shape index (κ2) is 6.07. The summed E-state index contributed by atoms with van der Waals surface area (Å²) < 4.78 is 22.7. The van der Waals surface area contributed by atoms with E-state index in [1.807, 2.05) is 12.1 Å². The van der Waals surface area contributed by atoms with E-state index in [1.165, 1.54) is 25.0 Å². The molecule has 2 N–H and O–H groups in total. The van der Waals surface area contributed by atoms with Crippen LogP contribution in [0, 0.1) is 6.92 Å². The molecule has 1 fully saturated rings. The molecule has 1 amide bonds. The summed E-state index contributed by atoms with van der Waals surface area (Å²) in [7, 11) is -3.83. The van der Waals surface area contributed by atoms with Gasteiger partial charge in [-0.1, -0.05) is 12.1 Å². The summed E-state index contributed by atoms with van der Waals surface area (Å²) in [5.41, 5.74) is 3.33. The molecule has 0 saturated heterocycles. The molecule has 0 unspecified atom stereocenters. The number of amides is 1. The monoisotopic (exact) mass is 372 g/mol. The second-order valence-electron chi connectivity index (χ2n) is 6.75. The van der Waals surface area contributed by atoms with Gasteiger partial charge in [0, 0.05) is 25.3 Å². The number of para-hydroxylation sites is 1. The molecule has 1 aromatic carbocycles. The van der Waals surface area contributed by atoms with Crippen LogP contribution in [0.15, 0.2) is 41.4 Å².